The normalized spacial score (nSPS) is 14.9. The van der Waals surface area contributed by atoms with Crippen LogP contribution >= 0.6 is 0 Å². The fourth-order valence-electron chi connectivity index (χ4n) is 14.3. The molecule has 11 aromatic rings. The molecule has 14 rings (SSSR count). The number of benzene rings is 11. The third kappa shape index (κ3) is 9.87. The lowest BCUT2D eigenvalue weighted by Gasteiger charge is -2.51. The van der Waals surface area contributed by atoms with Crippen LogP contribution in [0.2, 0.25) is 0 Å². The zero-order valence-corrected chi connectivity index (χ0v) is 55.1. The molecule has 0 saturated heterocycles. The monoisotopic (exact) mass is 1170 g/mol. The number of fused-ring (bicyclic) bond motifs is 10. The molecule has 3 heterocycles. The van der Waals surface area contributed by atoms with Gasteiger partial charge in [0.25, 0.3) is 0 Å². The Bertz CT molecular complexity index is 4750. The van der Waals surface area contributed by atoms with Gasteiger partial charge in [-0.15, -0.1) is 0 Å². The molecule has 3 aliphatic rings. The Labute approximate surface area is 543 Å². The van der Waals surface area contributed by atoms with Crippen molar-refractivity contribution < 1.29 is 11.6 Å². The summed E-state index contributed by atoms with van der Waals surface area (Å²) in [4.78, 5) is 2.52. The molecule has 0 saturated carbocycles. The first-order valence-corrected chi connectivity index (χ1v) is 32.2. The van der Waals surface area contributed by atoms with Gasteiger partial charge < -0.3 is 9.64 Å². The van der Waals surface area contributed by atoms with Crippen LogP contribution in [0, 0.1) is 0 Å². The molecule has 446 valence electrons. The molecule has 0 aromatic heterocycles. The van der Waals surface area contributed by atoms with Gasteiger partial charge >= 0.3 is 0 Å². The second-order valence-electron chi connectivity index (χ2n) is 30.6. The molecule has 90 heavy (non-hydrogen) atoms. The number of nitrogens with zero attached hydrogens (tertiary/aromatic N) is 1. The van der Waals surface area contributed by atoms with E-state index in [4.69, 9.17) is 8.85 Å². The predicted molar refractivity (Wildman–Crippen MR) is 385 cm³/mol. The van der Waals surface area contributed by atoms with Crippen molar-refractivity contribution >= 4 is 40.2 Å². The van der Waals surface area contributed by atoms with Crippen LogP contribution < -0.4 is 26.0 Å². The quantitative estimate of drug-likeness (QED) is 0.154. The summed E-state index contributed by atoms with van der Waals surface area (Å²) in [5.41, 5.74) is 24.0. The van der Waals surface area contributed by atoms with E-state index in [9.17, 15) is 2.74 Å². The summed E-state index contributed by atoms with van der Waals surface area (Å²) in [5, 5.41) is 0. The zero-order valence-electron chi connectivity index (χ0n) is 60.1. The van der Waals surface area contributed by atoms with Crippen molar-refractivity contribution in [1.82, 2.24) is 0 Å². The fourth-order valence-corrected chi connectivity index (χ4v) is 14.3. The first-order chi connectivity index (χ1) is 44.8. The van der Waals surface area contributed by atoms with Gasteiger partial charge in [0.15, 0.2) is 0 Å². The zero-order chi connectivity index (χ0) is 67.4. The first-order valence-electron chi connectivity index (χ1n) is 34.7. The number of para-hydroxylation sites is 2. The predicted octanol–water partition coefficient (Wildman–Crippen LogP) is 21.6. The molecule has 0 fully saturated rings. The van der Waals surface area contributed by atoms with E-state index >= 15 is 0 Å². The van der Waals surface area contributed by atoms with Crippen molar-refractivity contribution in [3.63, 3.8) is 0 Å². The van der Waals surface area contributed by atoms with Crippen molar-refractivity contribution in [3.05, 3.63) is 287 Å². The van der Waals surface area contributed by atoms with Crippen molar-refractivity contribution in [2.45, 2.75) is 136 Å². The molecule has 3 aliphatic heterocycles. The maximum atomic E-state index is 9.62. The first kappa shape index (κ1) is 53.0. The Hall–Kier alpha value is -8.92. The van der Waals surface area contributed by atoms with Gasteiger partial charge in [-0.05, 0) is 164 Å². The molecule has 0 radical (unpaired) electrons. The SMILES string of the molecule is [2H]c1c([2H])c([2H])c(-c2ccc3c(c2)N(c2c(-c4ccccc4)cc(C(C)(C)C)cc2-c2ccccc2)c2cc(-c4cc(C(C)(C)C)cc(C(C)(C)C)c4)cc4c2B3c2cc(-c3cc(C(C)(C)C)cc(C(C)(C)C)c3)ccc2C42c3ccccc3Oc3ccccc32)c([2H])c1[2H]. The van der Waals surface area contributed by atoms with Gasteiger partial charge in [0.1, 0.15) is 11.5 Å². The average molecular weight is 1180 g/mol. The summed E-state index contributed by atoms with van der Waals surface area (Å²) < 4.78 is 53.4. The minimum Gasteiger partial charge on any atom is -0.457 e. The third-order valence-electron chi connectivity index (χ3n) is 19.4. The van der Waals surface area contributed by atoms with Gasteiger partial charge in [-0.1, -0.05) is 303 Å². The summed E-state index contributed by atoms with van der Waals surface area (Å²) in [7, 11) is 0. The Morgan fingerprint density at radius 1 is 0.333 bits per heavy atom. The Balaban J connectivity index is 1.24. The fraction of sp³-hybridized carbons (Fsp3) is 0.241. The van der Waals surface area contributed by atoms with E-state index in [1.165, 1.54) is 27.8 Å². The smallest absolute Gasteiger partial charge is 0.247 e. The van der Waals surface area contributed by atoms with Gasteiger partial charge in [-0.25, -0.2) is 0 Å². The van der Waals surface area contributed by atoms with Crippen LogP contribution in [0.1, 0.15) is 161 Å². The summed E-state index contributed by atoms with van der Waals surface area (Å²) in [5.74, 6) is 1.59. The molecule has 11 aromatic carbocycles. The van der Waals surface area contributed by atoms with Crippen LogP contribution in [-0.4, -0.2) is 6.71 Å². The highest BCUT2D eigenvalue weighted by atomic mass is 16.5. The maximum Gasteiger partial charge on any atom is 0.247 e. The summed E-state index contributed by atoms with van der Waals surface area (Å²) in [6.45, 7) is 34.1. The van der Waals surface area contributed by atoms with Gasteiger partial charge in [0.05, 0.1) is 18.0 Å². The molecule has 1 spiro atoms. The number of ether oxygens (including phenoxy) is 1. The van der Waals surface area contributed by atoms with E-state index in [0.29, 0.717) is 5.56 Å². The molecule has 0 amide bonds. The van der Waals surface area contributed by atoms with E-state index in [1.54, 1.807) is 0 Å². The second kappa shape index (κ2) is 21.1. The lowest BCUT2D eigenvalue weighted by atomic mass is 9.29. The molecule has 2 nitrogen and oxygen atoms in total. The van der Waals surface area contributed by atoms with Crippen molar-refractivity contribution in [2.24, 2.45) is 0 Å². The Morgan fingerprint density at radius 2 is 0.756 bits per heavy atom. The lowest BCUT2D eigenvalue weighted by molar-refractivity contribution is 0.435. The van der Waals surface area contributed by atoms with Crippen LogP contribution in [0.15, 0.2) is 236 Å². The maximum absolute atomic E-state index is 9.62. The standard InChI is InChI=1S/C87H84BNO/c1-82(2,3)63-43-60(44-64(51-63)83(4,5)6)58-39-41-70-75(48-58)88-74-42-40-59(55-29-19-16-20-30-55)49-76(74)89(81-68(56-31-21-17-22-32-56)53-67(86(13,14)15)54-69(81)57-33-23-18-24-34-57)77-50-62(61-45-65(84(7,8)9)52-66(46-61)85(10,11)12)47-73(80(77)88)87(70)71-35-25-27-37-78(71)90-79-38-28-26-36-72(79)87/h16-54H,1-15H3/i16D,19D,20D,29D,30D. The minimum atomic E-state index is -0.967. The van der Waals surface area contributed by atoms with Crippen LogP contribution in [0.3, 0.4) is 0 Å². The molecule has 0 N–H and O–H groups in total. The Morgan fingerprint density at radius 3 is 1.26 bits per heavy atom. The third-order valence-corrected chi connectivity index (χ3v) is 19.4. The molecular formula is C87H84BNO. The highest BCUT2D eigenvalue weighted by Gasteiger charge is 2.55. The molecule has 0 atom stereocenters. The number of hydrogen-bond acceptors (Lipinski definition) is 2. The number of rotatable bonds is 6. The van der Waals surface area contributed by atoms with Crippen molar-refractivity contribution in [1.29, 1.82) is 0 Å². The van der Waals surface area contributed by atoms with Crippen molar-refractivity contribution in [3.8, 4) is 67.1 Å². The van der Waals surface area contributed by atoms with Crippen LogP contribution in [0.25, 0.3) is 55.6 Å². The van der Waals surface area contributed by atoms with E-state index in [1.807, 2.05) is 6.07 Å². The van der Waals surface area contributed by atoms with Crippen LogP contribution in [0.4, 0.5) is 17.1 Å². The summed E-state index contributed by atoms with van der Waals surface area (Å²) >= 11 is 0. The molecule has 3 heteroatoms. The van der Waals surface area contributed by atoms with E-state index < -0.39 is 18.2 Å². The summed E-state index contributed by atoms with van der Waals surface area (Å²) in [6, 6.07) is 75.1. The second-order valence-corrected chi connectivity index (χ2v) is 30.6. The van der Waals surface area contributed by atoms with Gasteiger partial charge in [0.2, 0.25) is 6.71 Å². The molecule has 0 unspecified atom stereocenters. The average Bonchev–Trinajstić information content (AvgIpc) is 0.666. The van der Waals surface area contributed by atoms with Gasteiger partial charge in [-0.3, -0.25) is 0 Å². The van der Waals surface area contributed by atoms with Gasteiger partial charge in [-0.2, -0.15) is 0 Å². The highest BCUT2D eigenvalue weighted by molar-refractivity contribution is 6.99. The Kier molecular flexibility index (Phi) is 12.4. The number of hydrogen-bond donors (Lipinski definition) is 0. The van der Waals surface area contributed by atoms with Crippen LogP contribution in [0.5, 0.6) is 11.5 Å². The lowest BCUT2D eigenvalue weighted by Crippen LogP contribution is -2.65. The number of anilines is 3. The molecule has 0 bridgehead atoms. The molecule has 0 aliphatic carbocycles. The van der Waals surface area contributed by atoms with E-state index in [2.05, 4.69) is 309 Å². The topological polar surface area (TPSA) is 12.5 Å². The van der Waals surface area contributed by atoms with Gasteiger partial charge in [0, 0.05) is 33.6 Å². The van der Waals surface area contributed by atoms with Crippen molar-refractivity contribution in [2.75, 3.05) is 4.90 Å². The summed E-state index contributed by atoms with van der Waals surface area (Å²) in [6.07, 6.45) is 0. The van der Waals surface area contributed by atoms with E-state index in [0.717, 1.165) is 112 Å². The van der Waals surface area contributed by atoms with E-state index in [-0.39, 0.29) is 56.8 Å². The molecular weight excluding hydrogens is 1090 g/mol. The van der Waals surface area contributed by atoms with Crippen LogP contribution in [-0.2, 0) is 32.5 Å². The largest absolute Gasteiger partial charge is 0.457 e. The minimum absolute atomic E-state index is 0.137. The highest BCUT2D eigenvalue weighted by Crippen LogP contribution is 2.59.